The van der Waals surface area contributed by atoms with E-state index in [1.165, 1.54) is 0 Å². The Morgan fingerprint density at radius 3 is 3.00 bits per heavy atom. The molecular formula is C10H16FNO. The van der Waals surface area contributed by atoms with Crippen molar-refractivity contribution >= 4 is 0 Å². The van der Waals surface area contributed by atoms with E-state index in [1.807, 2.05) is 6.92 Å². The van der Waals surface area contributed by atoms with Crippen molar-refractivity contribution in [2.24, 2.45) is 0 Å². The first-order valence-electron chi connectivity index (χ1n) is 4.77. The summed E-state index contributed by atoms with van der Waals surface area (Å²) in [5, 5.41) is 9.33. The molecule has 2 heterocycles. The second-order valence-electron chi connectivity index (χ2n) is 4.40. The van der Waals surface area contributed by atoms with Crippen molar-refractivity contribution in [2.75, 3.05) is 13.2 Å². The summed E-state index contributed by atoms with van der Waals surface area (Å²) >= 11 is 0. The van der Waals surface area contributed by atoms with Crippen LogP contribution in [0.25, 0.3) is 0 Å². The molecule has 2 saturated heterocycles. The molecule has 0 aromatic carbocycles. The van der Waals surface area contributed by atoms with Crippen LogP contribution in [0.2, 0.25) is 0 Å². The first kappa shape index (κ1) is 9.16. The van der Waals surface area contributed by atoms with Crippen molar-refractivity contribution in [1.29, 1.82) is 0 Å². The molecule has 2 rings (SSSR count). The largest absolute Gasteiger partial charge is 0.394 e. The molecule has 2 aliphatic rings. The number of halogens is 1. The standard InChI is InChI=1S/C10H16FNO/c1-7-3-10(6-13)4-9(11)8(2)12(10)5-7/h8-9,13H,1,3-6H2,2H3/t8-,9-,10-/m1/s1. The third-order valence-electron chi connectivity index (χ3n) is 3.47. The Hall–Kier alpha value is -0.410. The van der Waals surface area contributed by atoms with Gasteiger partial charge in [0.25, 0.3) is 0 Å². The fraction of sp³-hybridized carbons (Fsp3) is 0.800. The topological polar surface area (TPSA) is 23.5 Å². The monoisotopic (exact) mass is 185 g/mol. The van der Waals surface area contributed by atoms with E-state index in [0.29, 0.717) is 6.42 Å². The zero-order chi connectivity index (χ0) is 9.64. The molecule has 0 aromatic heterocycles. The van der Waals surface area contributed by atoms with E-state index in [4.69, 9.17) is 0 Å². The molecule has 0 aromatic rings. The maximum Gasteiger partial charge on any atom is 0.117 e. The van der Waals surface area contributed by atoms with Crippen LogP contribution < -0.4 is 0 Å². The van der Waals surface area contributed by atoms with Crippen LogP contribution in [0.4, 0.5) is 4.39 Å². The molecule has 0 radical (unpaired) electrons. The lowest BCUT2D eigenvalue weighted by atomic mass is 9.93. The van der Waals surface area contributed by atoms with Crippen molar-refractivity contribution in [1.82, 2.24) is 4.90 Å². The second-order valence-corrected chi connectivity index (χ2v) is 4.40. The van der Waals surface area contributed by atoms with E-state index in [9.17, 15) is 9.50 Å². The molecular weight excluding hydrogens is 169 g/mol. The van der Waals surface area contributed by atoms with Crippen LogP contribution in [0.15, 0.2) is 12.2 Å². The van der Waals surface area contributed by atoms with E-state index in [1.54, 1.807) is 0 Å². The molecule has 13 heavy (non-hydrogen) atoms. The van der Waals surface area contributed by atoms with Gasteiger partial charge >= 0.3 is 0 Å². The summed E-state index contributed by atoms with van der Waals surface area (Å²) in [6, 6.07) is -0.0635. The van der Waals surface area contributed by atoms with E-state index >= 15 is 0 Å². The molecule has 3 heteroatoms. The summed E-state index contributed by atoms with van der Waals surface area (Å²) in [4.78, 5) is 2.07. The minimum absolute atomic E-state index is 0.0524. The summed E-state index contributed by atoms with van der Waals surface area (Å²) in [6.45, 7) is 6.61. The highest BCUT2D eigenvalue weighted by molar-refractivity contribution is 5.20. The molecule has 0 bridgehead atoms. The summed E-state index contributed by atoms with van der Waals surface area (Å²) in [5.74, 6) is 0. The van der Waals surface area contributed by atoms with Crippen molar-refractivity contribution < 1.29 is 9.50 Å². The first-order valence-corrected chi connectivity index (χ1v) is 4.77. The number of nitrogens with zero attached hydrogens (tertiary/aromatic N) is 1. The molecule has 0 unspecified atom stereocenters. The lowest BCUT2D eigenvalue weighted by Crippen LogP contribution is -2.44. The van der Waals surface area contributed by atoms with E-state index < -0.39 is 6.17 Å². The lowest BCUT2D eigenvalue weighted by molar-refractivity contribution is 0.0810. The van der Waals surface area contributed by atoms with Gasteiger partial charge in [0.05, 0.1) is 12.1 Å². The number of aliphatic hydroxyl groups excluding tert-OH is 1. The zero-order valence-electron chi connectivity index (χ0n) is 7.96. The lowest BCUT2D eigenvalue weighted by Gasteiger charge is -2.30. The van der Waals surface area contributed by atoms with Crippen LogP contribution in [-0.2, 0) is 0 Å². The van der Waals surface area contributed by atoms with Gasteiger partial charge in [0.15, 0.2) is 0 Å². The first-order chi connectivity index (χ1) is 6.09. The summed E-state index contributed by atoms with van der Waals surface area (Å²) in [6.07, 6.45) is 0.429. The Bertz CT molecular complexity index is 243. The molecule has 1 N–H and O–H groups in total. The van der Waals surface area contributed by atoms with Gasteiger partial charge in [0.1, 0.15) is 6.17 Å². The third kappa shape index (κ3) is 1.14. The number of hydrogen-bond acceptors (Lipinski definition) is 2. The van der Waals surface area contributed by atoms with Crippen molar-refractivity contribution in [3.05, 3.63) is 12.2 Å². The van der Waals surface area contributed by atoms with Gasteiger partial charge in [-0.3, -0.25) is 4.90 Å². The van der Waals surface area contributed by atoms with E-state index in [0.717, 1.165) is 18.5 Å². The van der Waals surface area contributed by atoms with Crippen molar-refractivity contribution in [2.45, 2.75) is 37.5 Å². The van der Waals surface area contributed by atoms with Crippen LogP contribution in [0.3, 0.4) is 0 Å². The Kier molecular flexibility index (Phi) is 1.96. The quantitative estimate of drug-likeness (QED) is 0.619. The highest BCUT2D eigenvalue weighted by atomic mass is 19.1. The molecule has 0 spiro atoms. The van der Waals surface area contributed by atoms with E-state index in [2.05, 4.69) is 11.5 Å². The minimum atomic E-state index is -0.791. The number of fused-ring (bicyclic) bond motifs is 1. The predicted molar refractivity (Wildman–Crippen MR) is 49.3 cm³/mol. The normalized spacial score (nSPS) is 45.6. The average molecular weight is 185 g/mol. The van der Waals surface area contributed by atoms with Crippen LogP contribution in [0.5, 0.6) is 0 Å². The fourth-order valence-corrected chi connectivity index (χ4v) is 2.74. The number of alkyl halides is 1. The average Bonchev–Trinajstić information content (AvgIpc) is 2.51. The van der Waals surface area contributed by atoms with Gasteiger partial charge < -0.3 is 5.11 Å². The van der Waals surface area contributed by atoms with Gasteiger partial charge in [-0.15, -0.1) is 0 Å². The van der Waals surface area contributed by atoms with Gasteiger partial charge in [-0.1, -0.05) is 12.2 Å². The smallest absolute Gasteiger partial charge is 0.117 e. The second kappa shape index (κ2) is 2.79. The van der Waals surface area contributed by atoms with Crippen LogP contribution in [-0.4, -0.2) is 40.9 Å². The molecule has 2 aliphatic heterocycles. The SMILES string of the molecule is C=C1CN2[C@H](C)[C@H](F)C[C@@]2(CO)C1. The zero-order valence-corrected chi connectivity index (χ0v) is 7.96. The summed E-state index contributed by atoms with van der Waals surface area (Å²) in [5.41, 5.74) is 0.795. The third-order valence-corrected chi connectivity index (χ3v) is 3.47. The van der Waals surface area contributed by atoms with Crippen LogP contribution in [0, 0.1) is 0 Å². The Morgan fingerprint density at radius 2 is 2.46 bits per heavy atom. The Morgan fingerprint density at radius 1 is 1.77 bits per heavy atom. The summed E-state index contributed by atoms with van der Waals surface area (Å²) in [7, 11) is 0. The van der Waals surface area contributed by atoms with E-state index in [-0.39, 0.29) is 18.2 Å². The predicted octanol–water partition coefficient (Wildman–Crippen LogP) is 1.11. The van der Waals surface area contributed by atoms with Crippen LogP contribution >= 0.6 is 0 Å². The molecule has 0 amide bonds. The maximum atomic E-state index is 13.4. The Balaban J connectivity index is 2.27. The fourth-order valence-electron chi connectivity index (χ4n) is 2.74. The molecule has 2 fully saturated rings. The molecule has 2 nitrogen and oxygen atoms in total. The molecule has 74 valence electrons. The van der Waals surface area contributed by atoms with Gasteiger partial charge in [-0.05, 0) is 13.3 Å². The summed E-state index contributed by atoms with van der Waals surface area (Å²) < 4.78 is 13.4. The molecule has 3 atom stereocenters. The van der Waals surface area contributed by atoms with Gasteiger partial charge in [-0.2, -0.15) is 0 Å². The van der Waals surface area contributed by atoms with Crippen molar-refractivity contribution in [3.63, 3.8) is 0 Å². The molecule has 0 aliphatic carbocycles. The van der Waals surface area contributed by atoms with Gasteiger partial charge in [0, 0.05) is 19.0 Å². The minimum Gasteiger partial charge on any atom is -0.394 e. The Labute approximate surface area is 78.0 Å². The van der Waals surface area contributed by atoms with Crippen LogP contribution in [0.1, 0.15) is 19.8 Å². The van der Waals surface area contributed by atoms with Gasteiger partial charge in [-0.25, -0.2) is 4.39 Å². The molecule has 0 saturated carbocycles. The van der Waals surface area contributed by atoms with Crippen molar-refractivity contribution in [3.8, 4) is 0 Å². The number of hydrogen-bond donors (Lipinski definition) is 1. The highest BCUT2D eigenvalue weighted by Crippen LogP contribution is 2.44. The highest BCUT2D eigenvalue weighted by Gasteiger charge is 2.53. The number of rotatable bonds is 1. The number of aliphatic hydroxyl groups is 1. The van der Waals surface area contributed by atoms with Gasteiger partial charge in [0.2, 0.25) is 0 Å². The maximum absolute atomic E-state index is 13.4.